The minimum Gasteiger partial charge on any atom is -0.420 e. The van der Waals surface area contributed by atoms with Crippen molar-refractivity contribution in [3.05, 3.63) is 74.9 Å². The van der Waals surface area contributed by atoms with Crippen molar-refractivity contribution in [3.8, 4) is 11.5 Å². The number of para-hydroxylation sites is 1. The third kappa shape index (κ3) is 4.39. The molecule has 4 aromatic rings. The van der Waals surface area contributed by atoms with Crippen LogP contribution in [0.15, 0.2) is 62.9 Å². The SMILES string of the molecule is COC[C@H](C)n1c(SCc2nnc(-c3ccc([N+](=O)[O-])cc3)o2)nc2ccccc2c1=O. The molecule has 1 atom stereocenters. The molecule has 0 aliphatic heterocycles. The number of non-ortho nitro benzene ring substituents is 1. The van der Waals surface area contributed by atoms with Crippen LogP contribution < -0.4 is 5.56 Å². The molecule has 2 heterocycles. The largest absolute Gasteiger partial charge is 0.420 e. The van der Waals surface area contributed by atoms with Gasteiger partial charge < -0.3 is 9.15 Å². The Bertz CT molecular complexity index is 1320. The first-order valence-corrected chi connectivity index (χ1v) is 10.7. The number of nitrogens with zero attached hydrogens (tertiary/aromatic N) is 5. The van der Waals surface area contributed by atoms with Crippen LogP contribution in [0, 0.1) is 10.1 Å². The van der Waals surface area contributed by atoms with Crippen LogP contribution in [0.5, 0.6) is 0 Å². The molecule has 0 aliphatic carbocycles. The predicted molar refractivity (Wildman–Crippen MR) is 119 cm³/mol. The summed E-state index contributed by atoms with van der Waals surface area (Å²) in [5.74, 6) is 0.897. The van der Waals surface area contributed by atoms with Crippen molar-refractivity contribution in [2.24, 2.45) is 0 Å². The van der Waals surface area contributed by atoms with Crippen LogP contribution in [0.3, 0.4) is 0 Å². The number of ether oxygens (including phenoxy) is 1. The molecule has 0 fully saturated rings. The van der Waals surface area contributed by atoms with Crippen molar-refractivity contribution in [1.29, 1.82) is 0 Å². The standard InChI is InChI=1S/C21H19N5O5S/c1-13(11-30-2)25-20(27)16-5-3-4-6-17(16)22-21(25)32-12-18-23-24-19(31-18)14-7-9-15(10-8-14)26(28)29/h3-10,13H,11-12H2,1-2H3/t13-/m0/s1. The van der Waals surface area contributed by atoms with Crippen LogP contribution >= 0.6 is 11.8 Å². The maximum absolute atomic E-state index is 13.1. The van der Waals surface area contributed by atoms with Gasteiger partial charge in [-0.3, -0.25) is 19.5 Å². The average molecular weight is 453 g/mol. The molecular weight excluding hydrogens is 434 g/mol. The van der Waals surface area contributed by atoms with Gasteiger partial charge in [0.05, 0.1) is 34.2 Å². The van der Waals surface area contributed by atoms with E-state index < -0.39 is 4.92 Å². The first-order valence-electron chi connectivity index (χ1n) is 9.68. The number of rotatable bonds is 8. The van der Waals surface area contributed by atoms with Gasteiger partial charge in [-0.05, 0) is 31.2 Å². The lowest BCUT2D eigenvalue weighted by molar-refractivity contribution is -0.384. The second-order valence-electron chi connectivity index (χ2n) is 6.98. The quantitative estimate of drug-likeness (QED) is 0.169. The maximum atomic E-state index is 13.1. The van der Waals surface area contributed by atoms with E-state index >= 15 is 0 Å². The summed E-state index contributed by atoms with van der Waals surface area (Å²) in [7, 11) is 1.58. The van der Waals surface area contributed by atoms with Crippen molar-refractivity contribution in [2.45, 2.75) is 23.9 Å². The van der Waals surface area contributed by atoms with Crippen molar-refractivity contribution < 1.29 is 14.1 Å². The number of aromatic nitrogens is 4. The van der Waals surface area contributed by atoms with Crippen LogP contribution in [0.2, 0.25) is 0 Å². The van der Waals surface area contributed by atoms with Crippen LogP contribution in [-0.4, -0.2) is 38.4 Å². The zero-order valence-electron chi connectivity index (χ0n) is 17.3. The molecule has 0 amide bonds. The molecule has 0 spiro atoms. The normalized spacial score (nSPS) is 12.2. The molecule has 164 valence electrons. The van der Waals surface area contributed by atoms with Crippen LogP contribution in [0.25, 0.3) is 22.4 Å². The summed E-state index contributed by atoms with van der Waals surface area (Å²) in [6.45, 7) is 2.25. The van der Waals surface area contributed by atoms with E-state index in [1.54, 1.807) is 35.9 Å². The number of hydrogen-bond acceptors (Lipinski definition) is 9. The van der Waals surface area contributed by atoms with Crippen LogP contribution in [-0.2, 0) is 10.5 Å². The number of benzene rings is 2. The Morgan fingerprint density at radius 2 is 1.94 bits per heavy atom. The molecule has 0 N–H and O–H groups in total. The second kappa shape index (κ2) is 9.28. The van der Waals surface area contributed by atoms with E-state index in [0.29, 0.717) is 39.9 Å². The fourth-order valence-electron chi connectivity index (χ4n) is 3.21. The summed E-state index contributed by atoms with van der Waals surface area (Å²) in [5.41, 5.74) is 1.03. The molecule has 2 aromatic carbocycles. The monoisotopic (exact) mass is 453 g/mol. The predicted octanol–water partition coefficient (Wildman–Crippen LogP) is 3.85. The molecule has 2 aromatic heterocycles. The molecule has 0 aliphatic rings. The molecule has 0 saturated carbocycles. The first-order chi connectivity index (χ1) is 15.5. The lowest BCUT2D eigenvalue weighted by atomic mass is 10.2. The molecule has 0 saturated heterocycles. The number of fused-ring (bicyclic) bond motifs is 1. The number of hydrogen-bond donors (Lipinski definition) is 0. The van der Waals surface area contributed by atoms with Crippen molar-refractivity contribution in [1.82, 2.24) is 19.7 Å². The van der Waals surface area contributed by atoms with Gasteiger partial charge in [0, 0.05) is 24.8 Å². The molecular formula is C21H19N5O5S. The molecule has 0 bridgehead atoms. The zero-order chi connectivity index (χ0) is 22.7. The van der Waals surface area contributed by atoms with Gasteiger partial charge in [0.2, 0.25) is 11.8 Å². The van der Waals surface area contributed by atoms with E-state index in [-0.39, 0.29) is 23.2 Å². The fourth-order valence-corrected chi connectivity index (χ4v) is 4.15. The topological polar surface area (TPSA) is 126 Å². The van der Waals surface area contributed by atoms with Gasteiger partial charge in [-0.1, -0.05) is 23.9 Å². The highest BCUT2D eigenvalue weighted by Crippen LogP contribution is 2.26. The Kier molecular flexibility index (Phi) is 6.28. The number of nitro benzene ring substituents is 1. The summed E-state index contributed by atoms with van der Waals surface area (Å²) in [4.78, 5) is 28.1. The lowest BCUT2D eigenvalue weighted by Gasteiger charge is -2.18. The first kappa shape index (κ1) is 21.7. The van der Waals surface area contributed by atoms with Gasteiger partial charge in [0.25, 0.3) is 11.2 Å². The Balaban J connectivity index is 1.60. The van der Waals surface area contributed by atoms with Crippen LogP contribution in [0.1, 0.15) is 18.9 Å². The van der Waals surface area contributed by atoms with Gasteiger partial charge in [0.15, 0.2) is 5.16 Å². The summed E-state index contributed by atoms with van der Waals surface area (Å²) >= 11 is 1.31. The third-order valence-corrected chi connectivity index (χ3v) is 5.68. The van der Waals surface area contributed by atoms with E-state index in [1.807, 2.05) is 19.1 Å². The Morgan fingerprint density at radius 1 is 1.19 bits per heavy atom. The van der Waals surface area contributed by atoms with Gasteiger partial charge in [-0.2, -0.15) is 0 Å². The van der Waals surface area contributed by atoms with Crippen LogP contribution in [0.4, 0.5) is 5.69 Å². The Hall–Kier alpha value is -3.57. The molecule has 10 nitrogen and oxygen atoms in total. The highest BCUT2D eigenvalue weighted by atomic mass is 32.2. The summed E-state index contributed by atoms with van der Waals surface area (Å²) in [6, 6.07) is 12.8. The second-order valence-corrected chi connectivity index (χ2v) is 7.93. The third-order valence-electron chi connectivity index (χ3n) is 4.74. The number of nitro groups is 1. The highest BCUT2D eigenvalue weighted by molar-refractivity contribution is 7.98. The average Bonchev–Trinajstić information content (AvgIpc) is 3.27. The van der Waals surface area contributed by atoms with E-state index in [0.717, 1.165) is 0 Å². The highest BCUT2D eigenvalue weighted by Gasteiger charge is 2.18. The molecule has 11 heteroatoms. The molecule has 32 heavy (non-hydrogen) atoms. The van der Waals surface area contributed by atoms with Crippen molar-refractivity contribution in [2.75, 3.05) is 13.7 Å². The van der Waals surface area contributed by atoms with E-state index in [2.05, 4.69) is 15.2 Å². The van der Waals surface area contributed by atoms with Gasteiger partial charge in [-0.15, -0.1) is 10.2 Å². The van der Waals surface area contributed by atoms with Gasteiger partial charge in [0.1, 0.15) is 0 Å². The Labute approximate surface area is 186 Å². The summed E-state index contributed by atoms with van der Waals surface area (Å²) in [5, 5.41) is 19.9. The van der Waals surface area contributed by atoms with Gasteiger partial charge in [-0.25, -0.2) is 4.98 Å². The van der Waals surface area contributed by atoms with E-state index in [9.17, 15) is 14.9 Å². The number of thioether (sulfide) groups is 1. The summed E-state index contributed by atoms with van der Waals surface area (Å²) in [6.07, 6.45) is 0. The molecule has 0 unspecified atom stereocenters. The van der Waals surface area contributed by atoms with Gasteiger partial charge >= 0.3 is 0 Å². The molecule has 0 radical (unpaired) electrons. The van der Waals surface area contributed by atoms with Crippen molar-refractivity contribution >= 4 is 28.4 Å². The zero-order valence-corrected chi connectivity index (χ0v) is 18.1. The minimum absolute atomic E-state index is 0.0189. The Morgan fingerprint density at radius 3 is 2.66 bits per heavy atom. The smallest absolute Gasteiger partial charge is 0.269 e. The van der Waals surface area contributed by atoms with Crippen molar-refractivity contribution in [3.63, 3.8) is 0 Å². The number of methoxy groups -OCH3 is 1. The van der Waals surface area contributed by atoms with E-state index in [4.69, 9.17) is 9.15 Å². The fraction of sp³-hybridized carbons (Fsp3) is 0.238. The maximum Gasteiger partial charge on any atom is 0.269 e. The lowest BCUT2D eigenvalue weighted by Crippen LogP contribution is -2.28. The summed E-state index contributed by atoms with van der Waals surface area (Å²) < 4.78 is 12.6. The minimum atomic E-state index is -0.472. The molecule has 4 rings (SSSR count). The van der Waals surface area contributed by atoms with E-state index in [1.165, 1.54) is 23.9 Å².